The maximum Gasteiger partial charge on any atom is 0.162 e. The zero-order chi connectivity index (χ0) is 22.7. The first-order valence-corrected chi connectivity index (χ1v) is 11.6. The molecule has 2 N–H and O–H groups in total. The molecule has 6 heteroatoms. The first-order valence-electron chi connectivity index (χ1n) is 11.6. The molecule has 32 heavy (non-hydrogen) atoms. The molecule has 0 bridgehead atoms. The predicted octanol–water partition coefficient (Wildman–Crippen LogP) is 4.52. The van der Waals surface area contributed by atoms with Crippen LogP contribution in [0, 0.1) is 0 Å². The van der Waals surface area contributed by atoms with Gasteiger partial charge in [0.15, 0.2) is 11.5 Å². The van der Waals surface area contributed by atoms with Crippen LogP contribution in [-0.2, 0) is 0 Å². The Kier molecular flexibility index (Phi) is 6.72. The van der Waals surface area contributed by atoms with Gasteiger partial charge in [-0.1, -0.05) is 24.3 Å². The van der Waals surface area contributed by atoms with Gasteiger partial charge in [0.1, 0.15) is 11.4 Å². The standard InChI is InChI=1S/C26H35N3O3/c1-5-32-24-11-7-10-21(25(24)30)23-17-22(19-8-6-9-20(16-19)31-4)27-26(28-23)12-14-29(15-13-26)18(2)3/h6-11,16,18,23,28,30H,5,12-15,17H2,1-4H3/t23-/m1/s1. The SMILES string of the molecule is CCOc1cccc([C@H]2CC(c3cccc(OC)c3)=NC3(CCN(C(C)C)CC3)N2)c1O. The van der Waals surface area contributed by atoms with Crippen LogP contribution in [0.3, 0.4) is 0 Å². The van der Waals surface area contributed by atoms with E-state index in [1.807, 2.05) is 37.3 Å². The van der Waals surface area contributed by atoms with E-state index in [0.717, 1.165) is 48.5 Å². The van der Waals surface area contributed by atoms with Crippen LogP contribution in [0.2, 0.25) is 0 Å². The molecule has 2 aliphatic rings. The van der Waals surface area contributed by atoms with E-state index in [-0.39, 0.29) is 17.5 Å². The third kappa shape index (κ3) is 4.62. The lowest BCUT2D eigenvalue weighted by molar-refractivity contribution is 0.103. The number of ether oxygens (including phenoxy) is 2. The first kappa shape index (κ1) is 22.6. The maximum absolute atomic E-state index is 11.0. The molecule has 1 spiro atoms. The van der Waals surface area contributed by atoms with Crippen molar-refractivity contribution in [3.8, 4) is 17.2 Å². The Balaban J connectivity index is 1.71. The van der Waals surface area contributed by atoms with Gasteiger partial charge in [0, 0.05) is 42.9 Å². The number of rotatable bonds is 6. The minimum Gasteiger partial charge on any atom is -0.504 e. The van der Waals surface area contributed by atoms with Crippen molar-refractivity contribution in [3.63, 3.8) is 0 Å². The number of methoxy groups -OCH3 is 1. The highest BCUT2D eigenvalue weighted by molar-refractivity contribution is 6.02. The van der Waals surface area contributed by atoms with E-state index in [2.05, 4.69) is 36.2 Å². The average Bonchev–Trinajstić information content (AvgIpc) is 2.80. The molecule has 2 heterocycles. The number of nitrogens with zero attached hydrogens (tertiary/aromatic N) is 2. The lowest BCUT2D eigenvalue weighted by Gasteiger charge is -2.46. The summed E-state index contributed by atoms with van der Waals surface area (Å²) >= 11 is 0. The van der Waals surface area contributed by atoms with Crippen LogP contribution in [0.1, 0.15) is 57.2 Å². The number of nitrogens with one attached hydrogen (secondary N) is 1. The molecule has 2 aromatic rings. The van der Waals surface area contributed by atoms with Crippen LogP contribution in [0.5, 0.6) is 17.2 Å². The van der Waals surface area contributed by atoms with E-state index in [4.69, 9.17) is 14.5 Å². The van der Waals surface area contributed by atoms with Gasteiger partial charge in [-0.15, -0.1) is 0 Å². The van der Waals surface area contributed by atoms with Crippen molar-refractivity contribution in [3.05, 3.63) is 53.6 Å². The van der Waals surface area contributed by atoms with Crippen molar-refractivity contribution < 1.29 is 14.6 Å². The minimum absolute atomic E-state index is 0.0558. The fourth-order valence-electron chi connectivity index (χ4n) is 4.84. The molecule has 2 aliphatic heterocycles. The number of phenols is 1. The fourth-order valence-corrected chi connectivity index (χ4v) is 4.84. The fraction of sp³-hybridized carbons (Fsp3) is 0.500. The van der Waals surface area contributed by atoms with Crippen LogP contribution >= 0.6 is 0 Å². The Morgan fingerprint density at radius 2 is 1.94 bits per heavy atom. The summed E-state index contributed by atoms with van der Waals surface area (Å²) in [6, 6.07) is 14.3. The van der Waals surface area contributed by atoms with E-state index in [1.54, 1.807) is 7.11 Å². The number of para-hydroxylation sites is 1. The van der Waals surface area contributed by atoms with E-state index < -0.39 is 0 Å². The highest BCUT2D eigenvalue weighted by Gasteiger charge is 2.41. The van der Waals surface area contributed by atoms with Crippen LogP contribution < -0.4 is 14.8 Å². The van der Waals surface area contributed by atoms with Crippen LogP contribution in [0.4, 0.5) is 0 Å². The van der Waals surface area contributed by atoms with Gasteiger partial charge in [-0.2, -0.15) is 0 Å². The second kappa shape index (κ2) is 9.51. The highest BCUT2D eigenvalue weighted by Crippen LogP contribution is 2.41. The van der Waals surface area contributed by atoms with Crippen LogP contribution in [-0.4, -0.2) is 54.2 Å². The molecule has 0 unspecified atom stereocenters. The molecule has 0 aliphatic carbocycles. The quantitative estimate of drug-likeness (QED) is 0.695. The van der Waals surface area contributed by atoms with Gasteiger partial charge in [-0.25, -0.2) is 0 Å². The Bertz CT molecular complexity index is 965. The second-order valence-corrected chi connectivity index (χ2v) is 8.98. The molecular weight excluding hydrogens is 402 g/mol. The van der Waals surface area contributed by atoms with E-state index in [0.29, 0.717) is 24.8 Å². The summed E-state index contributed by atoms with van der Waals surface area (Å²) in [4.78, 5) is 7.79. The first-order chi connectivity index (χ1) is 15.4. The van der Waals surface area contributed by atoms with Crippen molar-refractivity contribution >= 4 is 5.71 Å². The molecule has 1 saturated heterocycles. The van der Waals surface area contributed by atoms with Crippen molar-refractivity contribution in [1.82, 2.24) is 10.2 Å². The van der Waals surface area contributed by atoms with Crippen LogP contribution in [0.25, 0.3) is 0 Å². The van der Waals surface area contributed by atoms with Crippen LogP contribution in [0.15, 0.2) is 47.5 Å². The summed E-state index contributed by atoms with van der Waals surface area (Å²) in [5, 5.41) is 14.8. The minimum atomic E-state index is -0.346. The number of piperidine rings is 1. The number of benzene rings is 2. The zero-order valence-electron chi connectivity index (χ0n) is 19.6. The molecule has 0 radical (unpaired) electrons. The summed E-state index contributed by atoms with van der Waals surface area (Å²) in [5.74, 6) is 1.57. The number of aliphatic imine (C=N–C) groups is 1. The molecule has 0 aromatic heterocycles. The molecule has 172 valence electrons. The molecule has 0 amide bonds. The Labute approximate surface area is 191 Å². The van der Waals surface area contributed by atoms with Gasteiger partial charge < -0.3 is 19.5 Å². The monoisotopic (exact) mass is 437 g/mol. The Morgan fingerprint density at radius 1 is 1.19 bits per heavy atom. The lowest BCUT2D eigenvalue weighted by Crippen LogP contribution is -2.56. The van der Waals surface area contributed by atoms with Crippen molar-refractivity contribution in [1.29, 1.82) is 0 Å². The Hall–Kier alpha value is -2.57. The van der Waals surface area contributed by atoms with E-state index >= 15 is 0 Å². The summed E-state index contributed by atoms with van der Waals surface area (Å²) in [6.07, 6.45) is 2.55. The predicted molar refractivity (Wildman–Crippen MR) is 128 cm³/mol. The number of phenolic OH excluding ortho intramolecular Hbond substituents is 1. The molecule has 4 rings (SSSR count). The van der Waals surface area contributed by atoms with E-state index in [9.17, 15) is 5.11 Å². The molecule has 1 fully saturated rings. The smallest absolute Gasteiger partial charge is 0.162 e. The molecule has 0 saturated carbocycles. The van der Waals surface area contributed by atoms with Crippen molar-refractivity contribution in [2.24, 2.45) is 4.99 Å². The second-order valence-electron chi connectivity index (χ2n) is 8.98. The normalized spacial score (nSPS) is 20.9. The van der Waals surface area contributed by atoms with Crippen molar-refractivity contribution in [2.45, 2.75) is 57.8 Å². The summed E-state index contributed by atoms with van der Waals surface area (Å²) in [5.41, 5.74) is 2.63. The lowest BCUT2D eigenvalue weighted by atomic mass is 9.87. The maximum atomic E-state index is 11.0. The molecule has 6 nitrogen and oxygen atoms in total. The van der Waals surface area contributed by atoms with Crippen molar-refractivity contribution in [2.75, 3.05) is 26.8 Å². The van der Waals surface area contributed by atoms with Gasteiger partial charge in [-0.05, 0) is 57.4 Å². The van der Waals surface area contributed by atoms with Gasteiger partial charge in [-0.3, -0.25) is 10.3 Å². The third-order valence-electron chi connectivity index (χ3n) is 6.65. The van der Waals surface area contributed by atoms with E-state index in [1.165, 1.54) is 0 Å². The average molecular weight is 438 g/mol. The third-order valence-corrected chi connectivity index (χ3v) is 6.65. The zero-order valence-corrected chi connectivity index (χ0v) is 19.6. The number of hydrogen-bond donors (Lipinski definition) is 2. The largest absolute Gasteiger partial charge is 0.504 e. The summed E-state index contributed by atoms with van der Waals surface area (Å²) < 4.78 is 11.1. The number of hydrogen-bond acceptors (Lipinski definition) is 6. The molecule has 2 aromatic carbocycles. The van der Waals surface area contributed by atoms with Gasteiger partial charge >= 0.3 is 0 Å². The Morgan fingerprint density at radius 3 is 2.62 bits per heavy atom. The van der Waals surface area contributed by atoms with Gasteiger partial charge in [0.05, 0.1) is 13.7 Å². The molecular formula is C26H35N3O3. The summed E-state index contributed by atoms with van der Waals surface area (Å²) in [6.45, 7) is 8.93. The number of aromatic hydroxyl groups is 1. The topological polar surface area (TPSA) is 66.3 Å². The molecule has 1 atom stereocenters. The number of likely N-dealkylation sites (tertiary alicyclic amines) is 1. The van der Waals surface area contributed by atoms with Gasteiger partial charge in [0.25, 0.3) is 0 Å². The highest BCUT2D eigenvalue weighted by atomic mass is 16.5. The van der Waals surface area contributed by atoms with Gasteiger partial charge in [0.2, 0.25) is 0 Å². The summed E-state index contributed by atoms with van der Waals surface area (Å²) in [7, 11) is 1.69.